The van der Waals surface area contributed by atoms with E-state index in [1.165, 1.54) is 10.6 Å². The first kappa shape index (κ1) is 24.1. The van der Waals surface area contributed by atoms with Crippen LogP contribution in [-0.4, -0.2) is 42.4 Å². The monoisotopic (exact) mass is 468 g/mol. The highest BCUT2D eigenvalue weighted by atomic mass is 16.5. The van der Waals surface area contributed by atoms with E-state index in [4.69, 9.17) is 10.5 Å². The lowest BCUT2D eigenvalue weighted by Crippen LogP contribution is -2.48. The average Bonchev–Trinajstić information content (AvgIpc) is 2.92. The molecule has 1 unspecified atom stereocenters. The predicted molar refractivity (Wildman–Crippen MR) is 142 cm³/mol. The maximum atomic E-state index is 13.4. The van der Waals surface area contributed by atoms with Gasteiger partial charge in [0.1, 0.15) is 5.75 Å². The Morgan fingerprint density at radius 1 is 1.09 bits per heavy atom. The molecule has 2 N–H and O–H groups in total. The summed E-state index contributed by atoms with van der Waals surface area (Å²) >= 11 is 0. The summed E-state index contributed by atoms with van der Waals surface area (Å²) in [7, 11) is 1.66. The molecule has 1 fully saturated rings. The molecule has 1 saturated heterocycles. The van der Waals surface area contributed by atoms with Crippen LogP contribution in [0.4, 0.5) is 4.79 Å². The molecular formula is C29H32N4O2. The quantitative estimate of drug-likeness (QED) is 0.354. The van der Waals surface area contributed by atoms with E-state index >= 15 is 0 Å². The van der Waals surface area contributed by atoms with Crippen molar-refractivity contribution in [1.29, 1.82) is 0 Å². The molecule has 2 amide bonds. The normalized spacial score (nSPS) is 16.0. The summed E-state index contributed by atoms with van der Waals surface area (Å²) in [5, 5.41) is 5.23. The number of nitrogens with zero attached hydrogens (tertiary/aromatic N) is 3. The minimum Gasteiger partial charge on any atom is -0.496 e. The Hall–Kier alpha value is -4.06. The first-order chi connectivity index (χ1) is 17.1. The van der Waals surface area contributed by atoms with E-state index in [9.17, 15) is 4.79 Å². The summed E-state index contributed by atoms with van der Waals surface area (Å²) in [4.78, 5) is 15.3. The molecule has 0 radical (unpaired) electrons. The highest BCUT2D eigenvalue weighted by Gasteiger charge is 2.29. The van der Waals surface area contributed by atoms with Crippen LogP contribution in [-0.2, 0) is 6.42 Å². The molecular weight excluding hydrogens is 436 g/mol. The number of benzene rings is 3. The van der Waals surface area contributed by atoms with Gasteiger partial charge in [-0.15, -0.1) is 0 Å². The molecule has 35 heavy (non-hydrogen) atoms. The van der Waals surface area contributed by atoms with Gasteiger partial charge in [-0.3, -0.25) is 0 Å². The van der Waals surface area contributed by atoms with Crippen molar-refractivity contribution in [2.45, 2.75) is 31.7 Å². The van der Waals surface area contributed by atoms with Crippen molar-refractivity contribution in [2.24, 2.45) is 10.8 Å². The van der Waals surface area contributed by atoms with E-state index in [1.54, 1.807) is 13.3 Å². The van der Waals surface area contributed by atoms with Gasteiger partial charge in [0.15, 0.2) is 0 Å². The van der Waals surface area contributed by atoms with Crippen molar-refractivity contribution in [2.75, 3.05) is 13.7 Å². The number of hydrogen-bond donors (Lipinski definition) is 1. The van der Waals surface area contributed by atoms with E-state index in [-0.39, 0.29) is 12.1 Å². The van der Waals surface area contributed by atoms with Gasteiger partial charge in [-0.1, -0.05) is 72.8 Å². The number of urea groups is 1. The van der Waals surface area contributed by atoms with Crippen LogP contribution in [0.15, 0.2) is 90.2 Å². The Labute approximate surface area is 207 Å². The SMILES string of the molecule is C=NN(/C=C(\N)c1ccc(-c2ccccc2OC)cc1)C(=O)N1CCCCC1Cc1ccccc1. The van der Waals surface area contributed by atoms with Gasteiger partial charge in [0.2, 0.25) is 0 Å². The number of amides is 2. The third-order valence-corrected chi connectivity index (χ3v) is 6.43. The third kappa shape index (κ3) is 5.72. The Morgan fingerprint density at radius 3 is 2.51 bits per heavy atom. The first-order valence-electron chi connectivity index (χ1n) is 11.9. The van der Waals surface area contributed by atoms with Gasteiger partial charge in [-0.25, -0.2) is 4.79 Å². The van der Waals surface area contributed by atoms with E-state index in [0.29, 0.717) is 12.2 Å². The van der Waals surface area contributed by atoms with Crippen LogP contribution in [0, 0.1) is 0 Å². The van der Waals surface area contributed by atoms with Crippen molar-refractivity contribution >= 4 is 18.4 Å². The zero-order chi connectivity index (χ0) is 24.6. The largest absolute Gasteiger partial charge is 0.496 e. The van der Waals surface area contributed by atoms with Crippen LogP contribution in [0.1, 0.15) is 30.4 Å². The van der Waals surface area contributed by atoms with E-state index < -0.39 is 0 Å². The van der Waals surface area contributed by atoms with Crippen molar-refractivity contribution in [3.8, 4) is 16.9 Å². The minimum atomic E-state index is -0.200. The van der Waals surface area contributed by atoms with Crippen molar-refractivity contribution in [1.82, 2.24) is 9.91 Å². The lowest BCUT2D eigenvalue weighted by atomic mass is 9.96. The maximum absolute atomic E-state index is 13.4. The number of para-hydroxylation sites is 1. The fourth-order valence-electron chi connectivity index (χ4n) is 4.57. The zero-order valence-corrected chi connectivity index (χ0v) is 20.1. The summed E-state index contributed by atoms with van der Waals surface area (Å²) in [5.41, 5.74) is 10.9. The Balaban J connectivity index is 1.50. The number of piperidine rings is 1. The number of methoxy groups -OCH3 is 1. The summed E-state index contributed by atoms with van der Waals surface area (Å²) in [6.45, 7) is 4.32. The molecule has 1 heterocycles. The molecule has 1 atom stereocenters. The van der Waals surface area contributed by atoms with Gasteiger partial charge in [0.25, 0.3) is 0 Å². The zero-order valence-electron chi connectivity index (χ0n) is 20.1. The lowest BCUT2D eigenvalue weighted by molar-refractivity contribution is 0.128. The summed E-state index contributed by atoms with van der Waals surface area (Å²) in [5.74, 6) is 0.808. The Bertz CT molecular complexity index is 1170. The second kappa shape index (κ2) is 11.4. The number of hydrazone groups is 1. The second-order valence-corrected chi connectivity index (χ2v) is 8.66. The van der Waals surface area contributed by atoms with Gasteiger partial charge in [-0.2, -0.15) is 10.1 Å². The van der Waals surface area contributed by atoms with Crippen molar-refractivity contribution in [3.05, 3.63) is 96.2 Å². The van der Waals surface area contributed by atoms with Crippen LogP contribution in [0.5, 0.6) is 5.75 Å². The number of likely N-dealkylation sites (tertiary alicyclic amines) is 1. The third-order valence-electron chi connectivity index (χ3n) is 6.43. The molecule has 0 bridgehead atoms. The van der Waals surface area contributed by atoms with Gasteiger partial charge >= 0.3 is 6.03 Å². The molecule has 0 aromatic heterocycles. The highest BCUT2D eigenvalue weighted by Crippen LogP contribution is 2.30. The van der Waals surface area contributed by atoms with Gasteiger partial charge in [0, 0.05) is 24.9 Å². The smallest absolute Gasteiger partial charge is 0.344 e. The molecule has 180 valence electrons. The van der Waals surface area contributed by atoms with Crippen molar-refractivity contribution in [3.63, 3.8) is 0 Å². The van der Waals surface area contributed by atoms with Crippen LogP contribution in [0.2, 0.25) is 0 Å². The number of rotatable bonds is 7. The average molecular weight is 469 g/mol. The molecule has 0 spiro atoms. The molecule has 6 nitrogen and oxygen atoms in total. The molecule has 4 rings (SSSR count). The van der Waals surface area contributed by atoms with Crippen molar-refractivity contribution < 1.29 is 9.53 Å². The van der Waals surface area contributed by atoms with E-state index in [1.807, 2.05) is 71.6 Å². The number of hydrogen-bond acceptors (Lipinski definition) is 4. The van der Waals surface area contributed by atoms with Gasteiger partial charge in [-0.05, 0) is 48.4 Å². The van der Waals surface area contributed by atoms with Gasteiger partial charge in [0.05, 0.1) is 19.0 Å². The predicted octanol–water partition coefficient (Wildman–Crippen LogP) is 5.75. The maximum Gasteiger partial charge on any atom is 0.344 e. The minimum absolute atomic E-state index is 0.123. The Kier molecular flexibility index (Phi) is 7.83. The molecule has 6 heteroatoms. The summed E-state index contributed by atoms with van der Waals surface area (Å²) in [6, 6.07) is 25.9. The molecule has 0 aliphatic carbocycles. The fourth-order valence-corrected chi connectivity index (χ4v) is 4.57. The standard InChI is InChI=1S/C29H32N4O2/c1-31-33(29(34)32-19-9-8-12-25(32)20-22-10-4-3-5-11-22)21-27(30)24-17-15-23(16-18-24)26-13-6-7-14-28(26)35-2/h3-7,10-11,13-18,21,25H,1,8-9,12,19-20,30H2,2H3/b27-21-. The molecule has 1 aliphatic rings. The summed E-state index contributed by atoms with van der Waals surface area (Å²) < 4.78 is 5.47. The van der Waals surface area contributed by atoms with Crippen LogP contribution < -0.4 is 10.5 Å². The molecule has 3 aromatic rings. The molecule has 1 aliphatic heterocycles. The first-order valence-corrected chi connectivity index (χ1v) is 11.9. The number of carbonyl (C=O) groups excluding carboxylic acids is 1. The van der Waals surface area contributed by atoms with Gasteiger partial charge < -0.3 is 15.4 Å². The van der Waals surface area contributed by atoms with E-state index in [0.717, 1.165) is 48.1 Å². The number of nitrogens with two attached hydrogens (primary N) is 1. The Morgan fingerprint density at radius 2 is 1.80 bits per heavy atom. The number of carbonyl (C=O) groups is 1. The lowest BCUT2D eigenvalue weighted by Gasteiger charge is -2.37. The topological polar surface area (TPSA) is 71.2 Å². The fraction of sp³-hybridized carbons (Fsp3) is 0.241. The highest BCUT2D eigenvalue weighted by molar-refractivity contribution is 5.79. The molecule has 0 saturated carbocycles. The number of ether oxygens (including phenoxy) is 1. The van der Waals surface area contributed by atoms with E-state index in [2.05, 4.69) is 24.0 Å². The van der Waals surface area contributed by atoms with Crippen LogP contribution >= 0.6 is 0 Å². The second-order valence-electron chi connectivity index (χ2n) is 8.66. The van der Waals surface area contributed by atoms with Crippen LogP contribution in [0.3, 0.4) is 0 Å². The molecule has 3 aromatic carbocycles. The summed E-state index contributed by atoms with van der Waals surface area (Å²) in [6.07, 6.45) is 5.43. The van der Waals surface area contributed by atoms with Crippen LogP contribution in [0.25, 0.3) is 16.8 Å².